The van der Waals surface area contributed by atoms with E-state index in [1.165, 1.54) is 4.90 Å². The first-order valence-electron chi connectivity index (χ1n) is 13.1. The third-order valence-corrected chi connectivity index (χ3v) is 6.24. The Balaban J connectivity index is 1.20. The van der Waals surface area contributed by atoms with Gasteiger partial charge < -0.3 is 25.0 Å². The molecule has 0 saturated carbocycles. The van der Waals surface area contributed by atoms with Crippen molar-refractivity contribution in [1.82, 2.24) is 15.1 Å². The maximum absolute atomic E-state index is 13.0. The zero-order chi connectivity index (χ0) is 29.0. The van der Waals surface area contributed by atoms with E-state index in [9.17, 15) is 19.2 Å². The number of piperazine rings is 1. The molecule has 1 heterocycles. The van der Waals surface area contributed by atoms with Gasteiger partial charge in [0.2, 0.25) is 11.9 Å². The van der Waals surface area contributed by atoms with Crippen molar-refractivity contribution in [3.8, 4) is 0 Å². The van der Waals surface area contributed by atoms with Crippen LogP contribution in [0.15, 0.2) is 89.9 Å². The molecule has 0 aromatic heterocycles. The van der Waals surface area contributed by atoms with Crippen molar-refractivity contribution in [3.05, 3.63) is 102 Å². The minimum absolute atomic E-state index is 0.0806. The summed E-state index contributed by atoms with van der Waals surface area (Å²) in [6.45, 7) is 1.09. The molecule has 4 rings (SSSR count). The Labute approximate surface area is 237 Å². The zero-order valence-electron chi connectivity index (χ0n) is 22.4. The number of hydrogen-bond donors (Lipinski definition) is 2. The largest absolute Gasteiger partial charge is 0.461 e. The second-order valence-corrected chi connectivity index (χ2v) is 9.23. The maximum Gasteiger partial charge on any atom is 0.414 e. The predicted molar refractivity (Wildman–Crippen MR) is 151 cm³/mol. The van der Waals surface area contributed by atoms with Crippen LogP contribution in [0.4, 0.5) is 10.5 Å². The van der Waals surface area contributed by atoms with Crippen LogP contribution in [0.1, 0.15) is 27.9 Å². The Morgan fingerprint density at radius 3 is 2.05 bits per heavy atom. The average molecular weight is 558 g/mol. The number of nitrogens with zero attached hydrogens (tertiary/aromatic N) is 3. The van der Waals surface area contributed by atoms with Crippen LogP contribution in [0.25, 0.3) is 0 Å². The lowest BCUT2D eigenvalue weighted by atomic mass is 10.1. The predicted octanol–water partition coefficient (Wildman–Crippen LogP) is 2.98. The first kappa shape index (κ1) is 28.8. The SMILES string of the molecule is NC(=Nc1ccc(C(=O)N2CCN(CCC(=O)OCc3ccccc3)C(=O)C2)cc1)NC(=O)OCc1ccccc1. The molecular formula is C30H31N5O6. The molecule has 3 aromatic carbocycles. The summed E-state index contributed by atoms with van der Waals surface area (Å²) in [6, 6.07) is 24.9. The molecular weight excluding hydrogens is 526 g/mol. The number of guanidine groups is 1. The molecule has 11 heteroatoms. The van der Waals surface area contributed by atoms with Crippen LogP contribution >= 0.6 is 0 Å². The van der Waals surface area contributed by atoms with Gasteiger partial charge >= 0.3 is 12.1 Å². The molecule has 0 bridgehead atoms. The molecule has 3 N–H and O–H groups in total. The van der Waals surface area contributed by atoms with Gasteiger partial charge in [0.1, 0.15) is 19.8 Å². The average Bonchev–Trinajstić information content (AvgIpc) is 2.99. The van der Waals surface area contributed by atoms with Crippen molar-refractivity contribution in [2.75, 3.05) is 26.2 Å². The van der Waals surface area contributed by atoms with Crippen molar-refractivity contribution >= 4 is 35.5 Å². The number of carbonyl (C=O) groups excluding carboxylic acids is 4. The highest BCUT2D eigenvalue weighted by Gasteiger charge is 2.28. The second-order valence-electron chi connectivity index (χ2n) is 9.23. The highest BCUT2D eigenvalue weighted by Crippen LogP contribution is 2.16. The molecule has 1 aliphatic heterocycles. The van der Waals surface area contributed by atoms with Gasteiger partial charge in [0.05, 0.1) is 12.1 Å². The van der Waals surface area contributed by atoms with Crippen LogP contribution in [-0.4, -0.2) is 65.8 Å². The monoisotopic (exact) mass is 557 g/mol. The Hall–Kier alpha value is -5.19. The van der Waals surface area contributed by atoms with E-state index in [0.29, 0.717) is 24.3 Å². The van der Waals surface area contributed by atoms with E-state index in [1.807, 2.05) is 60.7 Å². The van der Waals surface area contributed by atoms with Crippen LogP contribution in [0, 0.1) is 0 Å². The zero-order valence-corrected chi connectivity index (χ0v) is 22.4. The van der Waals surface area contributed by atoms with Gasteiger partial charge in [0, 0.05) is 25.2 Å². The molecule has 1 aliphatic rings. The summed E-state index contributed by atoms with van der Waals surface area (Å²) in [4.78, 5) is 56.7. The number of carbonyl (C=O) groups is 4. The highest BCUT2D eigenvalue weighted by molar-refractivity contribution is 5.98. The molecule has 0 radical (unpaired) electrons. The topological polar surface area (TPSA) is 144 Å². The van der Waals surface area contributed by atoms with Crippen molar-refractivity contribution in [2.24, 2.45) is 10.7 Å². The third kappa shape index (κ3) is 8.92. The lowest BCUT2D eigenvalue weighted by Crippen LogP contribution is -2.52. The van der Waals surface area contributed by atoms with Crippen LogP contribution in [0.5, 0.6) is 0 Å². The smallest absolute Gasteiger partial charge is 0.414 e. The molecule has 3 amide bonds. The van der Waals surface area contributed by atoms with Gasteiger partial charge in [-0.3, -0.25) is 19.7 Å². The molecule has 1 saturated heterocycles. The van der Waals surface area contributed by atoms with Crippen LogP contribution in [-0.2, 0) is 32.3 Å². The molecule has 212 valence electrons. The Morgan fingerprint density at radius 1 is 0.829 bits per heavy atom. The number of benzene rings is 3. The fourth-order valence-electron chi connectivity index (χ4n) is 4.05. The third-order valence-electron chi connectivity index (χ3n) is 6.24. The van der Waals surface area contributed by atoms with E-state index in [4.69, 9.17) is 15.2 Å². The number of aliphatic imine (C=N–C) groups is 1. The first-order valence-corrected chi connectivity index (χ1v) is 13.1. The summed E-state index contributed by atoms with van der Waals surface area (Å²) in [5, 5.41) is 2.35. The number of amides is 3. The van der Waals surface area contributed by atoms with E-state index in [2.05, 4.69) is 10.3 Å². The summed E-state index contributed by atoms with van der Waals surface area (Å²) in [7, 11) is 0. The van der Waals surface area contributed by atoms with Crippen molar-refractivity contribution in [1.29, 1.82) is 0 Å². The minimum Gasteiger partial charge on any atom is -0.461 e. The summed E-state index contributed by atoms with van der Waals surface area (Å²) < 4.78 is 10.4. The maximum atomic E-state index is 13.0. The summed E-state index contributed by atoms with van der Waals surface area (Å²) >= 11 is 0. The summed E-state index contributed by atoms with van der Waals surface area (Å²) in [6.07, 6.45) is -0.660. The quantitative estimate of drug-likeness (QED) is 0.234. The summed E-state index contributed by atoms with van der Waals surface area (Å²) in [5.74, 6) is -1.08. The van der Waals surface area contributed by atoms with E-state index < -0.39 is 6.09 Å². The molecule has 0 aliphatic carbocycles. The van der Waals surface area contributed by atoms with Crippen molar-refractivity contribution in [3.63, 3.8) is 0 Å². The van der Waals surface area contributed by atoms with Crippen LogP contribution in [0.2, 0.25) is 0 Å². The minimum atomic E-state index is -0.741. The van der Waals surface area contributed by atoms with E-state index in [0.717, 1.165) is 11.1 Å². The van der Waals surface area contributed by atoms with Gasteiger partial charge in [-0.15, -0.1) is 0 Å². The number of esters is 1. The van der Waals surface area contributed by atoms with E-state index in [1.54, 1.807) is 29.2 Å². The van der Waals surface area contributed by atoms with Crippen LogP contribution < -0.4 is 11.1 Å². The molecule has 1 fully saturated rings. The highest BCUT2D eigenvalue weighted by atomic mass is 16.5. The second kappa shape index (κ2) is 14.3. The van der Waals surface area contributed by atoms with Gasteiger partial charge in [-0.25, -0.2) is 9.79 Å². The number of nitrogens with one attached hydrogen (secondary N) is 1. The van der Waals surface area contributed by atoms with Crippen molar-refractivity contribution in [2.45, 2.75) is 19.6 Å². The molecule has 0 spiro atoms. The Bertz CT molecular complexity index is 1380. The van der Waals surface area contributed by atoms with E-state index >= 15 is 0 Å². The molecule has 11 nitrogen and oxygen atoms in total. The van der Waals surface area contributed by atoms with Gasteiger partial charge in [-0.1, -0.05) is 60.7 Å². The van der Waals surface area contributed by atoms with Crippen LogP contribution in [0.3, 0.4) is 0 Å². The van der Waals surface area contributed by atoms with Crippen molar-refractivity contribution < 1.29 is 28.7 Å². The number of nitrogens with two attached hydrogens (primary N) is 1. The fourth-order valence-corrected chi connectivity index (χ4v) is 4.05. The number of alkyl carbamates (subject to hydrolysis) is 1. The Kier molecular flexibility index (Phi) is 10.0. The summed E-state index contributed by atoms with van der Waals surface area (Å²) in [5.41, 5.74) is 8.32. The van der Waals surface area contributed by atoms with Gasteiger partial charge in [-0.2, -0.15) is 0 Å². The van der Waals surface area contributed by atoms with E-state index in [-0.39, 0.29) is 56.5 Å². The molecule has 0 atom stereocenters. The first-order chi connectivity index (χ1) is 19.9. The molecule has 3 aromatic rings. The number of rotatable bonds is 9. The number of hydrogen-bond acceptors (Lipinski definition) is 7. The standard InChI is InChI=1S/C30H31N5O6/c31-29(33-30(39)41-21-23-9-5-2-6-10-23)32-25-13-11-24(12-14-25)28(38)35-18-17-34(26(36)19-35)16-15-27(37)40-20-22-7-3-1-4-8-22/h1-14H,15-21H2,(H3,31,32,33,39). The van der Waals surface area contributed by atoms with Gasteiger partial charge in [-0.05, 0) is 35.4 Å². The molecule has 0 unspecified atom stereocenters. The lowest BCUT2D eigenvalue weighted by Gasteiger charge is -2.34. The Morgan fingerprint density at radius 2 is 1.44 bits per heavy atom. The fraction of sp³-hybridized carbons (Fsp3) is 0.233. The lowest BCUT2D eigenvalue weighted by molar-refractivity contribution is -0.146. The number of ether oxygens (including phenoxy) is 2. The van der Waals surface area contributed by atoms with Gasteiger partial charge in [0.15, 0.2) is 0 Å². The van der Waals surface area contributed by atoms with Gasteiger partial charge in [0.25, 0.3) is 5.91 Å². The molecule has 41 heavy (non-hydrogen) atoms. The normalized spacial score (nSPS) is 13.5.